The predicted octanol–water partition coefficient (Wildman–Crippen LogP) is 8.32. The van der Waals surface area contributed by atoms with E-state index in [9.17, 15) is 18.3 Å². The molecule has 0 aliphatic carbocycles. The van der Waals surface area contributed by atoms with Gasteiger partial charge in [0.15, 0.2) is 0 Å². The highest BCUT2D eigenvalue weighted by atomic mass is 35.5. The lowest BCUT2D eigenvalue weighted by Crippen LogP contribution is -2.47. The SMILES string of the molecule is CCCCCCCC1(OCCO)CCN(CCCN2c3ccccc3Sc3ccc(C(F)(F)F)cc32)CC1.Cl. The molecular formula is C30H42ClF3N2O2S. The van der Waals surface area contributed by atoms with Gasteiger partial charge in [-0.1, -0.05) is 62.9 Å². The molecule has 0 spiro atoms. The molecule has 0 atom stereocenters. The van der Waals surface area contributed by atoms with Crippen molar-refractivity contribution in [1.29, 1.82) is 0 Å². The van der Waals surface area contributed by atoms with Crippen molar-refractivity contribution in [2.24, 2.45) is 0 Å². The molecule has 0 saturated carbocycles. The molecule has 2 aromatic carbocycles. The molecule has 0 amide bonds. The Balaban J connectivity index is 0.00000420. The maximum Gasteiger partial charge on any atom is 0.416 e. The zero-order valence-electron chi connectivity index (χ0n) is 22.8. The molecule has 0 unspecified atom stereocenters. The third-order valence-corrected chi connectivity index (χ3v) is 8.94. The topological polar surface area (TPSA) is 35.9 Å². The van der Waals surface area contributed by atoms with Crippen molar-refractivity contribution in [1.82, 2.24) is 4.90 Å². The second kappa shape index (κ2) is 15.0. The molecule has 1 N–H and O–H groups in total. The van der Waals surface area contributed by atoms with Crippen LogP contribution < -0.4 is 4.90 Å². The van der Waals surface area contributed by atoms with Crippen LogP contribution in [-0.4, -0.2) is 55.0 Å². The summed E-state index contributed by atoms with van der Waals surface area (Å²) < 4.78 is 46.7. The lowest BCUT2D eigenvalue weighted by atomic mass is 9.85. The molecule has 1 fully saturated rings. The van der Waals surface area contributed by atoms with Crippen molar-refractivity contribution >= 4 is 35.5 Å². The Bertz CT molecular complexity index is 1030. The molecule has 1 saturated heterocycles. The molecule has 2 aromatic rings. The van der Waals surface area contributed by atoms with Crippen LogP contribution in [0.25, 0.3) is 0 Å². The summed E-state index contributed by atoms with van der Waals surface area (Å²) in [5, 5.41) is 9.34. The third-order valence-electron chi connectivity index (χ3n) is 7.81. The van der Waals surface area contributed by atoms with Gasteiger partial charge in [0.2, 0.25) is 0 Å². The summed E-state index contributed by atoms with van der Waals surface area (Å²) in [6.45, 7) is 6.11. The van der Waals surface area contributed by atoms with E-state index in [1.807, 2.05) is 24.3 Å². The summed E-state index contributed by atoms with van der Waals surface area (Å²) in [5.74, 6) is 0. The first-order chi connectivity index (χ1) is 18.3. The van der Waals surface area contributed by atoms with Crippen LogP contribution >= 0.6 is 24.2 Å². The highest BCUT2D eigenvalue weighted by Gasteiger charge is 2.35. The monoisotopic (exact) mass is 586 g/mol. The van der Waals surface area contributed by atoms with Crippen molar-refractivity contribution in [3.05, 3.63) is 48.0 Å². The number of piperidine rings is 1. The summed E-state index contributed by atoms with van der Waals surface area (Å²) in [6, 6.07) is 12.0. The van der Waals surface area contributed by atoms with Gasteiger partial charge in [-0.25, -0.2) is 0 Å². The first-order valence-corrected chi connectivity index (χ1v) is 14.9. The van der Waals surface area contributed by atoms with Crippen molar-refractivity contribution in [3.63, 3.8) is 0 Å². The van der Waals surface area contributed by atoms with Gasteiger partial charge in [-0.15, -0.1) is 12.4 Å². The van der Waals surface area contributed by atoms with Gasteiger partial charge in [-0.2, -0.15) is 13.2 Å². The number of fused-ring (bicyclic) bond motifs is 2. The van der Waals surface area contributed by atoms with Crippen molar-refractivity contribution in [3.8, 4) is 0 Å². The number of halogens is 4. The number of anilines is 2. The Hall–Kier alpha value is -1.45. The van der Waals surface area contributed by atoms with Crippen LogP contribution in [0.15, 0.2) is 52.3 Å². The molecule has 218 valence electrons. The van der Waals surface area contributed by atoms with Gasteiger partial charge in [-0.3, -0.25) is 0 Å². The van der Waals surface area contributed by atoms with Crippen molar-refractivity contribution in [2.45, 2.75) is 86.3 Å². The fraction of sp³-hybridized carbons (Fsp3) is 0.600. The normalized spacial score (nSPS) is 16.9. The predicted molar refractivity (Wildman–Crippen MR) is 156 cm³/mol. The van der Waals surface area contributed by atoms with Crippen LogP contribution in [0.1, 0.15) is 70.3 Å². The average Bonchev–Trinajstić information content (AvgIpc) is 2.91. The highest BCUT2D eigenvalue weighted by molar-refractivity contribution is 7.99. The molecule has 2 aliphatic rings. The first-order valence-electron chi connectivity index (χ1n) is 14.1. The lowest BCUT2D eigenvalue weighted by molar-refractivity contribution is -0.137. The maximum absolute atomic E-state index is 13.5. The van der Waals surface area contributed by atoms with Gasteiger partial charge in [0.05, 0.1) is 35.8 Å². The molecule has 4 nitrogen and oxygen atoms in total. The summed E-state index contributed by atoms with van der Waals surface area (Å²) in [6.07, 6.45) is 5.64. The number of para-hydroxylation sites is 1. The Kier molecular flexibility index (Phi) is 12.3. The van der Waals surface area contributed by atoms with Gasteiger partial charge >= 0.3 is 6.18 Å². The van der Waals surface area contributed by atoms with E-state index in [4.69, 9.17) is 4.74 Å². The number of benzene rings is 2. The van der Waals surface area contributed by atoms with E-state index < -0.39 is 11.7 Å². The number of likely N-dealkylation sites (tertiary alicyclic amines) is 1. The van der Waals surface area contributed by atoms with Crippen LogP contribution in [-0.2, 0) is 10.9 Å². The molecule has 9 heteroatoms. The molecular weight excluding hydrogens is 545 g/mol. The number of alkyl halides is 3. The number of hydrogen-bond acceptors (Lipinski definition) is 5. The molecule has 0 aromatic heterocycles. The van der Waals surface area contributed by atoms with E-state index >= 15 is 0 Å². The average molecular weight is 587 g/mol. The minimum absolute atomic E-state index is 0. The van der Waals surface area contributed by atoms with Gasteiger partial charge in [0.1, 0.15) is 0 Å². The second-order valence-corrected chi connectivity index (χ2v) is 11.6. The van der Waals surface area contributed by atoms with E-state index in [0.29, 0.717) is 18.8 Å². The zero-order valence-corrected chi connectivity index (χ0v) is 24.5. The van der Waals surface area contributed by atoms with Gasteiger partial charge < -0.3 is 19.6 Å². The van der Waals surface area contributed by atoms with Crippen molar-refractivity contribution < 1.29 is 23.0 Å². The number of aliphatic hydroxyl groups excluding tert-OH is 1. The van der Waals surface area contributed by atoms with E-state index in [0.717, 1.165) is 67.2 Å². The molecule has 2 aliphatic heterocycles. The number of unbranched alkanes of at least 4 members (excludes halogenated alkanes) is 4. The lowest BCUT2D eigenvalue weighted by Gasteiger charge is -2.42. The number of hydrogen-bond donors (Lipinski definition) is 1. The molecule has 39 heavy (non-hydrogen) atoms. The first kappa shape index (κ1) is 32.1. The van der Waals surface area contributed by atoms with E-state index in [1.165, 1.54) is 49.6 Å². The standard InChI is InChI=1S/C30H41F3N2O2S.ClH/c1-2-3-4-5-8-14-29(37-22-21-36)15-19-34(20-16-29)17-9-18-35-25-10-6-7-11-27(25)38-28-13-12-24(23-26(28)35)30(31,32)33;/h6-7,10-13,23,36H,2-5,8-9,14-22H2,1H3;1H. The Morgan fingerprint density at radius 1 is 0.923 bits per heavy atom. The van der Waals surface area contributed by atoms with Gasteiger partial charge in [0.25, 0.3) is 0 Å². The van der Waals surface area contributed by atoms with Gasteiger partial charge in [-0.05, 0) is 62.6 Å². The Labute approximate surface area is 241 Å². The quantitative estimate of drug-likeness (QED) is 0.239. The molecule has 0 bridgehead atoms. The van der Waals surface area contributed by atoms with Crippen molar-refractivity contribution in [2.75, 3.05) is 44.3 Å². The van der Waals surface area contributed by atoms with Crippen LogP contribution in [0.5, 0.6) is 0 Å². The number of aliphatic hydroxyl groups is 1. The van der Waals surface area contributed by atoms with Crippen LogP contribution in [0.4, 0.5) is 24.5 Å². The van der Waals surface area contributed by atoms with Crippen LogP contribution in [0.3, 0.4) is 0 Å². The smallest absolute Gasteiger partial charge is 0.394 e. The summed E-state index contributed by atoms with van der Waals surface area (Å²) in [5.41, 5.74) is 0.872. The summed E-state index contributed by atoms with van der Waals surface area (Å²) in [4.78, 5) is 6.45. The van der Waals surface area contributed by atoms with Gasteiger partial charge in [0, 0.05) is 29.4 Å². The highest BCUT2D eigenvalue weighted by Crippen LogP contribution is 2.49. The molecule has 2 heterocycles. The van der Waals surface area contributed by atoms with Crippen LogP contribution in [0, 0.1) is 0 Å². The van der Waals surface area contributed by atoms with E-state index in [-0.39, 0.29) is 24.6 Å². The Morgan fingerprint density at radius 2 is 1.64 bits per heavy atom. The minimum atomic E-state index is -4.36. The number of nitrogens with zero attached hydrogens (tertiary/aromatic N) is 2. The number of rotatable bonds is 13. The minimum Gasteiger partial charge on any atom is -0.394 e. The van der Waals surface area contributed by atoms with E-state index in [1.54, 1.807) is 6.07 Å². The maximum atomic E-state index is 13.5. The largest absolute Gasteiger partial charge is 0.416 e. The van der Waals surface area contributed by atoms with Crippen LogP contribution in [0.2, 0.25) is 0 Å². The fourth-order valence-corrected chi connectivity index (χ4v) is 6.74. The fourth-order valence-electron chi connectivity index (χ4n) is 5.66. The summed E-state index contributed by atoms with van der Waals surface area (Å²) >= 11 is 1.53. The summed E-state index contributed by atoms with van der Waals surface area (Å²) in [7, 11) is 0. The van der Waals surface area contributed by atoms with E-state index in [2.05, 4.69) is 16.7 Å². The number of ether oxygens (including phenoxy) is 1. The third kappa shape index (κ3) is 8.52. The molecule has 0 radical (unpaired) electrons. The molecule has 4 rings (SSSR count). The zero-order chi connectivity index (χ0) is 27.0. The Morgan fingerprint density at radius 3 is 2.36 bits per heavy atom. The second-order valence-electron chi connectivity index (χ2n) is 10.5.